The van der Waals surface area contributed by atoms with Crippen molar-refractivity contribution in [2.24, 2.45) is 0 Å². The molecule has 5 aromatic rings. The van der Waals surface area contributed by atoms with Crippen LogP contribution in [0.25, 0.3) is 39.2 Å². The fraction of sp³-hybridized carbons (Fsp3) is 0.308. The number of nitrogens with one attached hydrogen (secondary N) is 4. The second-order valence-electron chi connectivity index (χ2n) is 13.4. The largest absolute Gasteiger partial charge is 0.433 e. The van der Waals surface area contributed by atoms with Crippen LogP contribution < -0.4 is 26.8 Å². The molecule has 7 rings (SSSR count). The number of carbonyl (C=O) groups excluding carboxylic acids is 2. The van der Waals surface area contributed by atoms with Crippen molar-refractivity contribution < 1.29 is 22.8 Å². The summed E-state index contributed by atoms with van der Waals surface area (Å²) in [6.07, 6.45) is 0.881. The molecule has 2 amide bonds. The fourth-order valence-electron chi connectivity index (χ4n) is 7.03. The van der Waals surface area contributed by atoms with E-state index in [1.807, 2.05) is 43.3 Å². The summed E-state index contributed by atoms with van der Waals surface area (Å²) in [7, 11) is 0. The van der Waals surface area contributed by atoms with Crippen LogP contribution >= 0.6 is 11.6 Å². The van der Waals surface area contributed by atoms with E-state index in [4.69, 9.17) is 11.6 Å². The van der Waals surface area contributed by atoms with E-state index in [-0.39, 0.29) is 52.3 Å². The number of halogens is 4. The molecule has 2 unspecified atom stereocenters. The monoisotopic (exact) mass is 743 g/mol. The third-order valence-corrected chi connectivity index (χ3v) is 10.2. The zero-order valence-corrected chi connectivity index (χ0v) is 29.6. The van der Waals surface area contributed by atoms with Gasteiger partial charge in [0, 0.05) is 80.2 Å². The van der Waals surface area contributed by atoms with Gasteiger partial charge in [0.15, 0.2) is 0 Å². The van der Waals surface area contributed by atoms with E-state index in [0.717, 1.165) is 28.7 Å². The Hall–Kier alpha value is -5.11. The van der Waals surface area contributed by atoms with Crippen molar-refractivity contribution in [3.63, 3.8) is 0 Å². The van der Waals surface area contributed by atoms with Crippen LogP contribution in [0.3, 0.4) is 0 Å². The molecule has 10 nitrogen and oxygen atoms in total. The normalized spacial score (nSPS) is 17.4. The molecule has 4 N–H and O–H groups in total. The minimum Gasteiger partial charge on any atom is -0.352 e. The Morgan fingerprint density at radius 2 is 1.45 bits per heavy atom. The van der Waals surface area contributed by atoms with Crippen LogP contribution in [0.1, 0.15) is 48.1 Å². The van der Waals surface area contributed by atoms with E-state index in [9.17, 15) is 27.6 Å². The molecule has 2 aliphatic heterocycles. The first-order valence-electron chi connectivity index (χ1n) is 17.4. The number of aromatic nitrogens is 3. The number of pyridine rings is 2. The van der Waals surface area contributed by atoms with Crippen LogP contribution in [-0.2, 0) is 28.9 Å². The third kappa shape index (κ3) is 7.82. The molecule has 2 aliphatic rings. The number of alkyl halides is 3. The Morgan fingerprint density at radius 1 is 0.830 bits per heavy atom. The first-order valence-corrected chi connectivity index (χ1v) is 17.8. The SMILES string of the molecule is Cc1c(-c2ccn3c(=O)c(CNCC4CCC(=O)N4)cnc3c2)cccc1-c1cccc(-c2ccc(CNCC3CCC(=O)N3)c(C(F)(F)F)n2)c1Cl. The highest BCUT2D eigenvalue weighted by Gasteiger charge is 2.36. The number of rotatable bonds is 11. The summed E-state index contributed by atoms with van der Waals surface area (Å²) in [6.45, 7) is 3.12. The van der Waals surface area contributed by atoms with Gasteiger partial charge < -0.3 is 21.3 Å². The molecular weight excluding hydrogens is 707 g/mol. The number of amides is 2. The molecule has 14 heteroatoms. The lowest BCUT2D eigenvalue weighted by atomic mass is 9.92. The lowest BCUT2D eigenvalue weighted by Gasteiger charge is -2.18. The van der Waals surface area contributed by atoms with Crippen molar-refractivity contribution in [1.82, 2.24) is 35.6 Å². The number of nitrogens with zero attached hydrogens (tertiary/aromatic N) is 3. The van der Waals surface area contributed by atoms with E-state index in [1.54, 1.807) is 30.6 Å². The van der Waals surface area contributed by atoms with Crippen LogP contribution in [0.4, 0.5) is 13.2 Å². The predicted octanol–water partition coefficient (Wildman–Crippen LogP) is 5.81. The lowest BCUT2D eigenvalue weighted by molar-refractivity contribution is -0.141. The highest BCUT2D eigenvalue weighted by molar-refractivity contribution is 6.36. The van der Waals surface area contributed by atoms with Crippen molar-refractivity contribution in [3.8, 4) is 33.5 Å². The van der Waals surface area contributed by atoms with E-state index in [0.29, 0.717) is 61.2 Å². The third-order valence-electron chi connectivity index (χ3n) is 9.82. The number of hydrogen-bond acceptors (Lipinski definition) is 7. The summed E-state index contributed by atoms with van der Waals surface area (Å²) in [6, 6.07) is 17.5. The molecule has 2 aromatic carbocycles. The maximum atomic E-state index is 14.3. The molecule has 53 heavy (non-hydrogen) atoms. The van der Waals surface area contributed by atoms with Gasteiger partial charge in [-0.05, 0) is 65.8 Å². The maximum Gasteiger partial charge on any atom is 0.433 e. The van der Waals surface area contributed by atoms with Crippen molar-refractivity contribution in [2.45, 2.75) is 64.0 Å². The van der Waals surface area contributed by atoms with E-state index in [1.165, 1.54) is 10.5 Å². The zero-order valence-electron chi connectivity index (χ0n) is 28.8. The van der Waals surface area contributed by atoms with Gasteiger partial charge in [-0.3, -0.25) is 18.8 Å². The number of carbonyl (C=O) groups is 2. The van der Waals surface area contributed by atoms with Gasteiger partial charge in [0.1, 0.15) is 11.3 Å². The minimum absolute atomic E-state index is 0.00275. The Labute approximate surface area is 308 Å². The fourth-order valence-corrected chi connectivity index (χ4v) is 7.35. The van der Waals surface area contributed by atoms with E-state index < -0.39 is 11.9 Å². The summed E-state index contributed by atoms with van der Waals surface area (Å²) in [5.74, 6) is -0.0193. The molecule has 274 valence electrons. The number of benzene rings is 2. The van der Waals surface area contributed by atoms with Crippen LogP contribution in [0.5, 0.6) is 0 Å². The maximum absolute atomic E-state index is 14.3. The smallest absolute Gasteiger partial charge is 0.352 e. The van der Waals surface area contributed by atoms with Gasteiger partial charge >= 0.3 is 6.18 Å². The van der Waals surface area contributed by atoms with Crippen molar-refractivity contribution >= 4 is 29.1 Å². The average Bonchev–Trinajstić information content (AvgIpc) is 3.76. The van der Waals surface area contributed by atoms with Crippen LogP contribution in [0.15, 0.2) is 77.9 Å². The molecule has 0 aliphatic carbocycles. The Morgan fingerprint density at radius 3 is 2.09 bits per heavy atom. The van der Waals surface area contributed by atoms with Gasteiger partial charge in [0.25, 0.3) is 5.56 Å². The standard InChI is InChI=1S/C39H37ClF3N7O3/c1-22-28(23-14-15-50-33(16-23)46-19-25(38(50)53)18-45-21-27-10-13-35(52)48-27)4-2-5-29(22)30-6-3-7-31(36(30)40)32-11-8-24(37(49-32)39(41,42)43)17-44-20-26-9-12-34(51)47-26/h2-8,11,14-16,19,26-27,44-45H,9-10,12-13,17-18,20-21H2,1H3,(H,47,51)(H,48,52). The van der Waals surface area contributed by atoms with E-state index in [2.05, 4.69) is 31.2 Å². The summed E-state index contributed by atoms with van der Waals surface area (Å²) in [5.41, 5.74) is 4.23. The quantitative estimate of drug-likeness (QED) is 0.135. The summed E-state index contributed by atoms with van der Waals surface area (Å²) >= 11 is 6.97. The number of hydrogen-bond donors (Lipinski definition) is 4. The molecule has 2 atom stereocenters. The molecule has 0 radical (unpaired) electrons. The molecule has 2 saturated heterocycles. The Bertz CT molecular complexity index is 2280. The molecule has 0 bridgehead atoms. The van der Waals surface area contributed by atoms with Crippen LogP contribution in [0, 0.1) is 6.92 Å². The topological polar surface area (TPSA) is 130 Å². The average molecular weight is 744 g/mol. The first kappa shape index (κ1) is 36.3. The van der Waals surface area contributed by atoms with Crippen molar-refractivity contribution in [1.29, 1.82) is 0 Å². The van der Waals surface area contributed by atoms with E-state index >= 15 is 0 Å². The molecule has 2 fully saturated rings. The molecule has 5 heterocycles. The second-order valence-corrected chi connectivity index (χ2v) is 13.8. The highest BCUT2D eigenvalue weighted by atomic mass is 35.5. The van der Waals surface area contributed by atoms with Gasteiger partial charge in [-0.2, -0.15) is 13.2 Å². The lowest BCUT2D eigenvalue weighted by Crippen LogP contribution is -2.36. The van der Waals surface area contributed by atoms with Gasteiger partial charge in [0.2, 0.25) is 11.8 Å². The van der Waals surface area contributed by atoms with Gasteiger partial charge in [-0.25, -0.2) is 9.97 Å². The van der Waals surface area contributed by atoms with Gasteiger partial charge in [-0.1, -0.05) is 54.1 Å². The highest BCUT2D eigenvalue weighted by Crippen LogP contribution is 2.41. The van der Waals surface area contributed by atoms with Crippen LogP contribution in [-0.4, -0.2) is 51.4 Å². The number of fused-ring (bicyclic) bond motifs is 1. The van der Waals surface area contributed by atoms with Gasteiger partial charge in [-0.15, -0.1) is 0 Å². The summed E-state index contributed by atoms with van der Waals surface area (Å²) in [5, 5.41) is 12.2. The molecular formula is C39H37ClF3N7O3. The van der Waals surface area contributed by atoms with Crippen LogP contribution in [0.2, 0.25) is 5.02 Å². The second kappa shape index (κ2) is 15.1. The molecule has 3 aromatic heterocycles. The predicted molar refractivity (Wildman–Crippen MR) is 196 cm³/mol. The van der Waals surface area contributed by atoms with Gasteiger partial charge in [0.05, 0.1) is 10.7 Å². The zero-order chi connectivity index (χ0) is 37.3. The minimum atomic E-state index is -4.70. The summed E-state index contributed by atoms with van der Waals surface area (Å²) in [4.78, 5) is 44.8. The Balaban J connectivity index is 1.13. The Kier molecular flexibility index (Phi) is 10.3. The molecule has 0 spiro atoms. The molecule has 0 saturated carbocycles. The first-order chi connectivity index (χ1) is 25.5. The van der Waals surface area contributed by atoms with Crippen molar-refractivity contribution in [3.05, 3.63) is 111 Å². The van der Waals surface area contributed by atoms with Crippen molar-refractivity contribution in [2.75, 3.05) is 13.1 Å². The summed E-state index contributed by atoms with van der Waals surface area (Å²) < 4.78 is 44.3.